The van der Waals surface area contributed by atoms with Crippen LogP contribution in [0.5, 0.6) is 5.75 Å². The van der Waals surface area contributed by atoms with Crippen LogP contribution >= 0.6 is 11.6 Å². The maximum absolute atomic E-state index is 13.2. The van der Waals surface area contributed by atoms with Gasteiger partial charge in [-0.05, 0) is 89.4 Å². The number of aromatic nitrogens is 2. The van der Waals surface area contributed by atoms with Gasteiger partial charge in [-0.15, -0.1) is 0 Å². The summed E-state index contributed by atoms with van der Waals surface area (Å²) >= 11 is 6.53. The highest BCUT2D eigenvalue weighted by Gasteiger charge is 2.28. The number of nitrogens with one attached hydrogen (secondary N) is 1. The second-order valence-corrected chi connectivity index (χ2v) is 14.8. The molecular formula is C37H52ClN7O4S. The van der Waals surface area contributed by atoms with E-state index in [-0.39, 0.29) is 18.3 Å². The summed E-state index contributed by atoms with van der Waals surface area (Å²) in [5.74, 6) is 1.16. The Morgan fingerprint density at radius 2 is 1.64 bits per heavy atom. The Hall–Kier alpha value is -3.74. The lowest BCUT2D eigenvalue weighted by molar-refractivity contribution is 0.146. The molecule has 0 spiro atoms. The minimum absolute atomic E-state index is 0.0439. The third-order valence-electron chi connectivity index (χ3n) is 8.69. The molecule has 50 heavy (non-hydrogen) atoms. The fraction of sp³-hybridized carbons (Fsp3) is 0.514. The molecule has 0 saturated heterocycles. The van der Waals surface area contributed by atoms with E-state index in [1.807, 2.05) is 20.8 Å². The molecule has 0 radical (unpaired) electrons. The first kappa shape index (κ1) is 39.1. The molecule has 0 fully saturated rings. The van der Waals surface area contributed by atoms with Crippen LogP contribution < -0.4 is 14.4 Å². The van der Waals surface area contributed by atoms with Gasteiger partial charge in [0, 0.05) is 37.1 Å². The second-order valence-electron chi connectivity index (χ2n) is 12.5. The van der Waals surface area contributed by atoms with Crippen molar-refractivity contribution in [1.82, 2.24) is 9.78 Å². The Morgan fingerprint density at radius 1 is 0.920 bits per heavy atom. The van der Waals surface area contributed by atoms with Gasteiger partial charge in [-0.2, -0.15) is 10.1 Å². The highest BCUT2D eigenvalue weighted by molar-refractivity contribution is 7.92. The Bertz CT molecular complexity index is 1850. The molecule has 1 aromatic heterocycles. The van der Waals surface area contributed by atoms with Crippen molar-refractivity contribution >= 4 is 56.2 Å². The zero-order valence-corrected chi connectivity index (χ0v) is 32.3. The van der Waals surface area contributed by atoms with Crippen LogP contribution in [-0.2, 0) is 14.8 Å². The summed E-state index contributed by atoms with van der Waals surface area (Å²) in [4.78, 5) is 17.2. The van der Waals surface area contributed by atoms with E-state index >= 15 is 0 Å². The lowest BCUT2D eigenvalue weighted by atomic mass is 10.1. The number of ether oxygens (including phenoxy) is 2. The number of methoxy groups -OCH3 is 1. The number of rotatable bonds is 18. The Balaban J connectivity index is 1.80. The molecule has 4 rings (SSSR count). The molecule has 11 nitrogen and oxygen atoms in total. The van der Waals surface area contributed by atoms with Gasteiger partial charge in [0.15, 0.2) is 5.84 Å². The van der Waals surface area contributed by atoms with Crippen molar-refractivity contribution in [3.05, 3.63) is 63.4 Å². The fourth-order valence-corrected chi connectivity index (χ4v) is 7.15. The number of nitrogens with zero attached hydrogens (tertiary/aromatic N) is 6. The normalized spacial score (nSPS) is 13.9. The average Bonchev–Trinajstić information content (AvgIpc) is 3.61. The highest BCUT2D eigenvalue weighted by Crippen LogP contribution is 2.32. The number of hydrogen-bond acceptors (Lipinski definition) is 8. The van der Waals surface area contributed by atoms with Gasteiger partial charge in [0.1, 0.15) is 18.1 Å². The number of halogens is 1. The molecule has 1 aliphatic rings. The maximum atomic E-state index is 13.2. The van der Waals surface area contributed by atoms with Crippen LogP contribution in [0.4, 0.5) is 17.1 Å². The molecule has 2 heterocycles. The minimum atomic E-state index is -3.59. The van der Waals surface area contributed by atoms with Crippen molar-refractivity contribution in [3.63, 3.8) is 0 Å². The van der Waals surface area contributed by atoms with Gasteiger partial charge in [0.2, 0.25) is 10.0 Å². The molecule has 0 amide bonds. The van der Waals surface area contributed by atoms with Crippen molar-refractivity contribution in [1.29, 1.82) is 0 Å². The van der Waals surface area contributed by atoms with Crippen LogP contribution in [0.25, 0.3) is 0 Å². The van der Waals surface area contributed by atoms with E-state index in [1.165, 1.54) is 6.42 Å². The smallest absolute Gasteiger partial charge is 0.253 e. The lowest BCUT2D eigenvalue weighted by Crippen LogP contribution is -2.22. The average molecular weight is 726 g/mol. The zero-order chi connectivity index (χ0) is 36.4. The van der Waals surface area contributed by atoms with Gasteiger partial charge in [-0.3, -0.25) is 4.72 Å². The number of benzene rings is 2. The first-order valence-electron chi connectivity index (χ1n) is 17.5. The number of unbranched alkanes of at least 4 members (excludes halogenated alkanes) is 5. The van der Waals surface area contributed by atoms with Crippen LogP contribution in [0, 0.1) is 27.7 Å². The highest BCUT2D eigenvalue weighted by atomic mass is 35.5. The summed E-state index contributed by atoms with van der Waals surface area (Å²) in [5.41, 5.74) is 6.66. The molecule has 0 bridgehead atoms. The first-order valence-corrected chi connectivity index (χ1v) is 19.6. The Labute approximate surface area is 302 Å². The van der Waals surface area contributed by atoms with E-state index in [1.54, 1.807) is 30.0 Å². The number of aryl methyl sites for hydroxylation is 3. The van der Waals surface area contributed by atoms with Gasteiger partial charge >= 0.3 is 0 Å². The molecule has 2 aromatic carbocycles. The molecule has 13 heteroatoms. The van der Waals surface area contributed by atoms with Gasteiger partial charge in [0.05, 0.1) is 34.5 Å². The van der Waals surface area contributed by atoms with E-state index in [2.05, 4.69) is 54.5 Å². The van der Waals surface area contributed by atoms with Crippen molar-refractivity contribution < 1.29 is 17.9 Å². The van der Waals surface area contributed by atoms with Crippen LogP contribution in [0.2, 0.25) is 5.02 Å². The summed E-state index contributed by atoms with van der Waals surface area (Å²) in [7, 11) is -1.99. The predicted molar refractivity (Wildman–Crippen MR) is 207 cm³/mol. The van der Waals surface area contributed by atoms with E-state index in [9.17, 15) is 8.42 Å². The molecule has 0 saturated carbocycles. The Kier molecular flexibility index (Phi) is 14.0. The summed E-state index contributed by atoms with van der Waals surface area (Å²) in [6, 6.07) is 9.37. The standard InChI is InChI=1S/C37H52ClN7O4S/c1-9-12-13-14-15-16-21-50(46,47)43-29-17-18-33(49-20-19-48-8)30(24-29)35-36(41-37(40-35)45-28(7)34(38)27(6)42-45)39-31-22-26(5)32(23-25(31)4)44(10-2)11-3/h17-18,22-24,43H,9-16,19-21H2,1-8H3. The third-order valence-corrected chi connectivity index (χ3v) is 10.6. The zero-order valence-electron chi connectivity index (χ0n) is 30.8. The van der Waals surface area contributed by atoms with Crippen LogP contribution in [0.15, 0.2) is 45.3 Å². The fourth-order valence-electron chi connectivity index (χ4n) is 5.86. The summed E-state index contributed by atoms with van der Waals surface area (Å²) in [6.07, 6.45) is 5.94. The van der Waals surface area contributed by atoms with E-state index < -0.39 is 10.0 Å². The van der Waals surface area contributed by atoms with Gasteiger partial charge in [-0.25, -0.2) is 23.1 Å². The number of aliphatic imine (C=N–C) groups is 3. The number of anilines is 2. The molecule has 0 atom stereocenters. The van der Waals surface area contributed by atoms with E-state index in [0.717, 1.165) is 61.3 Å². The van der Waals surface area contributed by atoms with Crippen molar-refractivity contribution in [2.75, 3.05) is 48.8 Å². The van der Waals surface area contributed by atoms with Crippen molar-refractivity contribution in [2.24, 2.45) is 15.0 Å². The van der Waals surface area contributed by atoms with E-state index in [4.69, 9.17) is 36.1 Å². The largest absolute Gasteiger partial charge is 0.490 e. The molecular weight excluding hydrogens is 674 g/mol. The number of amidine groups is 1. The van der Waals surface area contributed by atoms with Crippen LogP contribution in [0.3, 0.4) is 0 Å². The molecule has 0 unspecified atom stereocenters. The van der Waals surface area contributed by atoms with Gasteiger partial charge < -0.3 is 14.4 Å². The summed E-state index contributed by atoms with van der Waals surface area (Å²) in [5, 5.41) is 5.12. The number of sulfonamides is 1. The lowest BCUT2D eigenvalue weighted by Gasteiger charge is -2.24. The second kappa shape index (κ2) is 18.0. The quantitative estimate of drug-likeness (QED) is 0.132. The van der Waals surface area contributed by atoms with Gasteiger partial charge in [0.25, 0.3) is 5.96 Å². The third kappa shape index (κ3) is 9.73. The van der Waals surface area contributed by atoms with E-state index in [0.29, 0.717) is 58.0 Å². The molecule has 1 aliphatic heterocycles. The maximum Gasteiger partial charge on any atom is 0.253 e. The van der Waals surface area contributed by atoms with Gasteiger partial charge in [-0.1, -0.05) is 50.6 Å². The van der Waals surface area contributed by atoms with Crippen LogP contribution in [-0.4, -0.2) is 74.9 Å². The summed E-state index contributed by atoms with van der Waals surface area (Å²) < 4.78 is 42.1. The molecule has 0 aliphatic carbocycles. The topological polar surface area (TPSA) is 123 Å². The molecule has 3 aromatic rings. The molecule has 1 N–H and O–H groups in total. The first-order chi connectivity index (χ1) is 23.9. The van der Waals surface area contributed by atoms with Crippen molar-refractivity contribution in [3.8, 4) is 5.75 Å². The number of hydrogen-bond donors (Lipinski definition) is 1. The van der Waals surface area contributed by atoms with Crippen LogP contribution in [0.1, 0.15) is 87.4 Å². The molecule has 272 valence electrons. The van der Waals surface area contributed by atoms with Crippen molar-refractivity contribution in [2.45, 2.75) is 87.0 Å². The predicted octanol–water partition coefficient (Wildman–Crippen LogP) is 8.18. The SMILES string of the molecule is CCCCCCCCS(=O)(=O)Nc1ccc(OCCOC)c(C2=NC(n3nc(C)c(Cl)c3C)=NC2=Nc2cc(C)c(N(CC)CC)cc2C)c1. The Morgan fingerprint density at radius 3 is 2.30 bits per heavy atom. The minimum Gasteiger partial charge on any atom is -0.490 e. The monoisotopic (exact) mass is 725 g/mol. The summed E-state index contributed by atoms with van der Waals surface area (Å²) in [6.45, 7) is 16.7.